The fourth-order valence-corrected chi connectivity index (χ4v) is 3.93. The van der Waals surface area contributed by atoms with Crippen molar-refractivity contribution in [2.24, 2.45) is 5.73 Å². The minimum Gasteiger partial charge on any atom is -0.369 e. The molecule has 1 heterocycles. The molecule has 0 aliphatic carbocycles. The summed E-state index contributed by atoms with van der Waals surface area (Å²) in [6, 6.07) is -0.192. The Balaban J connectivity index is 2.96. The molecule has 106 valence electrons. The summed E-state index contributed by atoms with van der Waals surface area (Å²) >= 11 is 0. The Kier molecular flexibility index (Phi) is 5.51. The number of rotatable bonds is 7. The van der Waals surface area contributed by atoms with Gasteiger partial charge in [-0.1, -0.05) is 13.8 Å². The highest BCUT2D eigenvalue weighted by Gasteiger charge is 2.35. The van der Waals surface area contributed by atoms with Crippen molar-refractivity contribution >= 4 is 16.1 Å². The summed E-state index contributed by atoms with van der Waals surface area (Å²) in [5.74, 6) is -0.627. The maximum atomic E-state index is 12.4. The van der Waals surface area contributed by atoms with Crippen LogP contribution < -0.4 is 11.1 Å². The monoisotopic (exact) mass is 278 g/mol. The van der Waals surface area contributed by atoms with Crippen molar-refractivity contribution < 1.29 is 13.2 Å². The van der Waals surface area contributed by atoms with Crippen LogP contribution in [-0.4, -0.2) is 61.7 Å². The summed E-state index contributed by atoms with van der Waals surface area (Å²) in [4.78, 5) is 11.1. The second kappa shape index (κ2) is 6.46. The molecule has 0 aromatic carbocycles. The van der Waals surface area contributed by atoms with Gasteiger partial charge >= 0.3 is 0 Å². The largest absolute Gasteiger partial charge is 0.369 e. The molecule has 0 radical (unpaired) electrons. The Morgan fingerprint density at radius 2 is 2.00 bits per heavy atom. The van der Waals surface area contributed by atoms with E-state index in [1.54, 1.807) is 13.8 Å². The third kappa shape index (κ3) is 3.41. The van der Waals surface area contributed by atoms with E-state index >= 15 is 0 Å². The molecule has 0 spiro atoms. The Labute approximate surface area is 108 Å². The highest BCUT2D eigenvalue weighted by molar-refractivity contribution is 7.86. The first-order valence-corrected chi connectivity index (χ1v) is 7.59. The highest BCUT2D eigenvalue weighted by atomic mass is 32.2. The van der Waals surface area contributed by atoms with E-state index in [1.165, 1.54) is 8.61 Å². The van der Waals surface area contributed by atoms with Crippen molar-refractivity contribution in [2.45, 2.75) is 26.3 Å². The molecule has 1 unspecified atom stereocenters. The van der Waals surface area contributed by atoms with Crippen molar-refractivity contribution in [3.63, 3.8) is 0 Å². The van der Waals surface area contributed by atoms with E-state index in [1.807, 2.05) is 0 Å². The fraction of sp³-hybridized carbons (Fsp3) is 0.900. The molecule has 1 rings (SSSR count). The van der Waals surface area contributed by atoms with Gasteiger partial charge in [-0.2, -0.15) is 17.0 Å². The number of carbonyl (C=O) groups is 1. The van der Waals surface area contributed by atoms with Gasteiger partial charge in [0.05, 0.1) is 6.54 Å². The van der Waals surface area contributed by atoms with Gasteiger partial charge in [0.1, 0.15) is 0 Å². The van der Waals surface area contributed by atoms with Crippen LogP contribution in [-0.2, 0) is 15.0 Å². The summed E-state index contributed by atoms with van der Waals surface area (Å²) in [7, 11) is -3.62. The number of carbonyl (C=O) groups excluding carboxylic acids is 1. The zero-order valence-corrected chi connectivity index (χ0v) is 11.7. The Hall–Kier alpha value is -0.700. The second-order valence-corrected chi connectivity index (χ2v) is 6.13. The van der Waals surface area contributed by atoms with Crippen LogP contribution in [0.5, 0.6) is 0 Å². The number of hydrogen-bond donors (Lipinski definition) is 2. The molecule has 1 atom stereocenters. The number of nitrogens with one attached hydrogen (secondary N) is 1. The van der Waals surface area contributed by atoms with Gasteiger partial charge < -0.3 is 11.1 Å². The summed E-state index contributed by atoms with van der Waals surface area (Å²) in [5, 5.41) is 3.10. The number of nitrogens with two attached hydrogens (primary N) is 1. The first-order valence-electron chi connectivity index (χ1n) is 6.19. The molecule has 3 N–H and O–H groups in total. The van der Waals surface area contributed by atoms with Crippen molar-refractivity contribution in [1.29, 1.82) is 0 Å². The maximum Gasteiger partial charge on any atom is 0.282 e. The second-order valence-electron chi connectivity index (χ2n) is 4.25. The summed E-state index contributed by atoms with van der Waals surface area (Å²) in [5.41, 5.74) is 5.16. The lowest BCUT2D eigenvalue weighted by atomic mass is 10.2. The maximum absolute atomic E-state index is 12.4. The zero-order chi connectivity index (χ0) is 13.8. The average molecular weight is 278 g/mol. The van der Waals surface area contributed by atoms with Gasteiger partial charge in [-0.3, -0.25) is 4.79 Å². The molecule has 1 amide bonds. The molecule has 0 aromatic heterocycles. The van der Waals surface area contributed by atoms with E-state index in [0.717, 1.165) is 6.54 Å². The van der Waals surface area contributed by atoms with Gasteiger partial charge in [0.15, 0.2) is 0 Å². The van der Waals surface area contributed by atoms with Crippen molar-refractivity contribution in [3.05, 3.63) is 0 Å². The van der Waals surface area contributed by atoms with E-state index in [2.05, 4.69) is 5.32 Å². The van der Waals surface area contributed by atoms with E-state index in [9.17, 15) is 13.2 Å². The minimum absolute atomic E-state index is 0.192. The van der Waals surface area contributed by atoms with E-state index < -0.39 is 16.1 Å². The van der Waals surface area contributed by atoms with E-state index in [-0.39, 0.29) is 12.6 Å². The lowest BCUT2D eigenvalue weighted by Crippen LogP contribution is -2.52. The molecular formula is C10H22N4O3S. The van der Waals surface area contributed by atoms with Crippen LogP contribution in [0, 0.1) is 0 Å². The van der Waals surface area contributed by atoms with Crippen LogP contribution in [0.2, 0.25) is 0 Å². The van der Waals surface area contributed by atoms with Gasteiger partial charge in [-0.25, -0.2) is 0 Å². The number of amides is 1. The molecule has 1 fully saturated rings. The predicted octanol–water partition coefficient (Wildman–Crippen LogP) is -1.28. The average Bonchev–Trinajstić information content (AvgIpc) is 2.79. The topological polar surface area (TPSA) is 95.7 Å². The first kappa shape index (κ1) is 15.4. The third-order valence-electron chi connectivity index (χ3n) is 3.08. The quantitative estimate of drug-likeness (QED) is 0.606. The predicted molar refractivity (Wildman–Crippen MR) is 69.0 cm³/mol. The molecular weight excluding hydrogens is 256 g/mol. The normalized spacial score (nSPS) is 20.8. The first-order chi connectivity index (χ1) is 8.43. The van der Waals surface area contributed by atoms with Crippen molar-refractivity contribution in [3.8, 4) is 0 Å². The van der Waals surface area contributed by atoms with Crippen LogP contribution in [0.15, 0.2) is 0 Å². The molecule has 0 saturated carbocycles. The Morgan fingerprint density at radius 1 is 1.39 bits per heavy atom. The summed E-state index contributed by atoms with van der Waals surface area (Å²) in [6.07, 6.45) is 0.702. The van der Waals surface area contributed by atoms with Crippen LogP contribution in [0.1, 0.15) is 20.3 Å². The number of nitrogens with zero attached hydrogens (tertiary/aromatic N) is 2. The highest BCUT2D eigenvalue weighted by Crippen LogP contribution is 2.16. The molecule has 1 aliphatic rings. The minimum atomic E-state index is -3.62. The SMILES string of the molecule is CCN(CC)S(=O)(=O)N(CC(N)=O)C1CCNC1. The van der Waals surface area contributed by atoms with Crippen molar-refractivity contribution in [1.82, 2.24) is 13.9 Å². The molecule has 8 heteroatoms. The fourth-order valence-electron chi connectivity index (χ4n) is 2.14. The molecule has 7 nitrogen and oxygen atoms in total. The van der Waals surface area contributed by atoms with Crippen LogP contribution in [0.25, 0.3) is 0 Å². The van der Waals surface area contributed by atoms with Gasteiger partial charge in [0.25, 0.3) is 10.2 Å². The van der Waals surface area contributed by atoms with Crippen LogP contribution in [0.4, 0.5) is 0 Å². The Bertz CT molecular complexity index is 375. The molecule has 1 saturated heterocycles. The van der Waals surface area contributed by atoms with Crippen LogP contribution in [0.3, 0.4) is 0 Å². The van der Waals surface area contributed by atoms with Gasteiger partial charge in [0, 0.05) is 25.7 Å². The van der Waals surface area contributed by atoms with E-state index in [0.29, 0.717) is 26.1 Å². The summed E-state index contributed by atoms with van der Waals surface area (Å²) < 4.78 is 27.4. The van der Waals surface area contributed by atoms with Crippen molar-refractivity contribution in [2.75, 3.05) is 32.7 Å². The molecule has 0 aromatic rings. The number of primary amides is 1. The van der Waals surface area contributed by atoms with Crippen LogP contribution >= 0.6 is 0 Å². The van der Waals surface area contributed by atoms with E-state index in [4.69, 9.17) is 5.73 Å². The molecule has 1 aliphatic heterocycles. The van der Waals surface area contributed by atoms with Gasteiger partial charge in [0.2, 0.25) is 5.91 Å². The number of hydrogen-bond acceptors (Lipinski definition) is 4. The summed E-state index contributed by atoms with van der Waals surface area (Å²) in [6.45, 7) is 5.38. The zero-order valence-electron chi connectivity index (χ0n) is 10.9. The lowest BCUT2D eigenvalue weighted by Gasteiger charge is -2.31. The molecule has 0 bridgehead atoms. The van der Waals surface area contributed by atoms with Gasteiger partial charge in [-0.15, -0.1) is 0 Å². The third-order valence-corrected chi connectivity index (χ3v) is 5.27. The van der Waals surface area contributed by atoms with Gasteiger partial charge in [-0.05, 0) is 13.0 Å². The standard InChI is InChI=1S/C10H22N4O3S/c1-3-13(4-2)18(16,17)14(8-10(11)15)9-5-6-12-7-9/h9,12H,3-8H2,1-2H3,(H2,11,15). The smallest absolute Gasteiger partial charge is 0.282 e. The molecule has 18 heavy (non-hydrogen) atoms. The lowest BCUT2D eigenvalue weighted by molar-refractivity contribution is -0.118. The Morgan fingerprint density at radius 3 is 2.39 bits per heavy atom.